The number of carbonyl (C=O) groups is 1. The summed E-state index contributed by atoms with van der Waals surface area (Å²) in [5, 5.41) is 33.1. The maximum atomic E-state index is 12.5. The van der Waals surface area contributed by atoms with Crippen LogP contribution in [0.15, 0.2) is 48.6 Å². The van der Waals surface area contributed by atoms with E-state index in [1.165, 1.54) is 154 Å². The molecule has 0 aromatic heterocycles. The molecule has 0 spiro atoms. The smallest absolute Gasteiger partial charge is 0.249 e. The highest BCUT2D eigenvalue weighted by molar-refractivity contribution is 5.80. The third kappa shape index (κ3) is 38.4. The molecule has 0 bridgehead atoms. The number of carbonyl (C=O) groups excluding carboxylic acids is 1. The molecular weight excluding hydrogens is 655 g/mol. The van der Waals surface area contributed by atoms with Gasteiger partial charge in [0.05, 0.1) is 18.8 Å². The third-order valence-corrected chi connectivity index (χ3v) is 10.4. The van der Waals surface area contributed by atoms with Gasteiger partial charge in [-0.05, 0) is 70.6 Å². The molecule has 0 heterocycles. The predicted octanol–water partition coefficient (Wildman–Crippen LogP) is 13.3. The number of aliphatic hydroxyl groups is 3. The number of nitrogens with one attached hydrogen (secondary N) is 1. The molecular formula is C48H89NO4. The molecule has 310 valence electrons. The van der Waals surface area contributed by atoms with Gasteiger partial charge in [-0.1, -0.05) is 204 Å². The summed E-state index contributed by atoms with van der Waals surface area (Å²) in [7, 11) is 0. The van der Waals surface area contributed by atoms with E-state index in [4.69, 9.17) is 0 Å². The van der Waals surface area contributed by atoms with Crippen LogP contribution in [0.1, 0.15) is 226 Å². The summed E-state index contributed by atoms with van der Waals surface area (Å²) in [6, 6.07) is -0.824. The lowest BCUT2D eigenvalue weighted by atomic mass is 10.0. The second-order valence-electron chi connectivity index (χ2n) is 15.6. The fourth-order valence-electron chi connectivity index (χ4n) is 6.74. The van der Waals surface area contributed by atoms with Crippen LogP contribution < -0.4 is 5.32 Å². The lowest BCUT2D eigenvalue weighted by molar-refractivity contribution is -0.131. The van der Waals surface area contributed by atoms with Gasteiger partial charge < -0.3 is 20.6 Å². The number of rotatable bonds is 41. The van der Waals surface area contributed by atoms with Crippen LogP contribution >= 0.6 is 0 Å². The highest BCUT2D eigenvalue weighted by atomic mass is 16.3. The van der Waals surface area contributed by atoms with E-state index in [9.17, 15) is 20.1 Å². The summed E-state index contributed by atoms with van der Waals surface area (Å²) in [6.07, 6.45) is 55.8. The number of aliphatic hydroxyl groups excluding tert-OH is 3. The highest BCUT2D eigenvalue weighted by Gasteiger charge is 2.22. The van der Waals surface area contributed by atoms with Gasteiger partial charge in [0, 0.05) is 0 Å². The monoisotopic (exact) mass is 744 g/mol. The zero-order chi connectivity index (χ0) is 38.7. The Kier molecular flexibility index (Phi) is 41.7. The van der Waals surface area contributed by atoms with Gasteiger partial charge in [0.25, 0.3) is 0 Å². The van der Waals surface area contributed by atoms with Crippen molar-refractivity contribution in [3.8, 4) is 0 Å². The molecule has 0 radical (unpaired) electrons. The number of amides is 1. The summed E-state index contributed by atoms with van der Waals surface area (Å²) >= 11 is 0. The zero-order valence-electron chi connectivity index (χ0n) is 35.1. The van der Waals surface area contributed by atoms with Crippen molar-refractivity contribution in [2.24, 2.45) is 0 Å². The van der Waals surface area contributed by atoms with Crippen LogP contribution in [0, 0.1) is 0 Å². The maximum absolute atomic E-state index is 12.5. The van der Waals surface area contributed by atoms with Crippen LogP contribution in [0.3, 0.4) is 0 Å². The van der Waals surface area contributed by atoms with E-state index in [0.717, 1.165) is 51.4 Å². The number of unbranched alkanes of at least 4 members (excludes halogenated alkanes) is 27. The standard InChI is InChI=1S/C48H89NO4/c1-3-5-7-9-11-13-15-17-19-21-22-23-24-25-26-27-29-30-32-34-36-38-40-42-46(51)45(44-50)49-48(53)47(52)43-41-39-37-35-33-31-28-20-18-16-14-12-10-8-6-4-2/h18,20,26-27,32,34,40,42,45-47,50-52H,3-17,19,21-25,28-31,33,35-39,41,43-44H2,1-2H3,(H,49,53)/b20-18-,27-26+,34-32+,42-40+. The van der Waals surface area contributed by atoms with Crippen LogP contribution in [0.5, 0.6) is 0 Å². The second-order valence-corrected chi connectivity index (χ2v) is 15.6. The molecule has 0 saturated carbocycles. The van der Waals surface area contributed by atoms with E-state index in [2.05, 4.69) is 55.6 Å². The fraction of sp³-hybridized carbons (Fsp3) is 0.812. The van der Waals surface area contributed by atoms with E-state index >= 15 is 0 Å². The Labute approximate surface area is 329 Å². The van der Waals surface area contributed by atoms with Crippen molar-refractivity contribution in [3.05, 3.63) is 48.6 Å². The normalized spacial score (nSPS) is 14.0. The highest BCUT2D eigenvalue weighted by Crippen LogP contribution is 2.14. The molecule has 0 aliphatic heterocycles. The Morgan fingerprint density at radius 3 is 1.15 bits per heavy atom. The Hall–Kier alpha value is -1.69. The van der Waals surface area contributed by atoms with Crippen LogP contribution in [-0.4, -0.2) is 46.1 Å². The van der Waals surface area contributed by atoms with Crippen molar-refractivity contribution in [3.63, 3.8) is 0 Å². The fourth-order valence-corrected chi connectivity index (χ4v) is 6.74. The first-order valence-electron chi connectivity index (χ1n) is 23.0. The van der Waals surface area contributed by atoms with E-state index < -0.39 is 24.2 Å². The van der Waals surface area contributed by atoms with Crippen molar-refractivity contribution in [1.82, 2.24) is 5.32 Å². The number of allylic oxidation sites excluding steroid dienone is 7. The van der Waals surface area contributed by atoms with Gasteiger partial charge in [-0.25, -0.2) is 0 Å². The molecule has 1 amide bonds. The van der Waals surface area contributed by atoms with E-state index in [-0.39, 0.29) is 6.61 Å². The molecule has 5 nitrogen and oxygen atoms in total. The van der Waals surface area contributed by atoms with Gasteiger partial charge in [-0.3, -0.25) is 4.79 Å². The van der Waals surface area contributed by atoms with Crippen molar-refractivity contribution in [2.45, 2.75) is 244 Å². The molecule has 0 saturated heterocycles. The molecule has 0 aromatic carbocycles. The first-order valence-corrected chi connectivity index (χ1v) is 23.0. The van der Waals surface area contributed by atoms with Crippen molar-refractivity contribution in [2.75, 3.05) is 6.61 Å². The van der Waals surface area contributed by atoms with Crippen LogP contribution in [0.25, 0.3) is 0 Å². The topological polar surface area (TPSA) is 89.8 Å². The average Bonchev–Trinajstić information content (AvgIpc) is 3.16. The first kappa shape index (κ1) is 51.3. The minimum absolute atomic E-state index is 0.384. The Morgan fingerprint density at radius 2 is 0.774 bits per heavy atom. The third-order valence-electron chi connectivity index (χ3n) is 10.4. The first-order chi connectivity index (χ1) is 26.1. The number of hydrogen-bond donors (Lipinski definition) is 4. The molecule has 0 aromatic rings. The molecule has 0 fully saturated rings. The minimum Gasteiger partial charge on any atom is -0.394 e. The SMILES string of the molecule is CCCCCCCC/C=C\CCCCCCCCC(O)C(=O)NC(CO)C(O)/C=C/CC/C=C/CC/C=C/CCCCCCCCCCCCCCC. The summed E-state index contributed by atoms with van der Waals surface area (Å²) in [4.78, 5) is 12.5. The zero-order valence-corrected chi connectivity index (χ0v) is 35.1. The summed E-state index contributed by atoms with van der Waals surface area (Å²) in [5.74, 6) is -0.523. The maximum Gasteiger partial charge on any atom is 0.249 e. The van der Waals surface area contributed by atoms with E-state index in [1.807, 2.05) is 6.08 Å². The van der Waals surface area contributed by atoms with Crippen molar-refractivity contribution < 1.29 is 20.1 Å². The predicted molar refractivity (Wildman–Crippen MR) is 231 cm³/mol. The Bertz CT molecular complexity index is 866. The molecule has 4 N–H and O–H groups in total. The second kappa shape index (κ2) is 43.0. The van der Waals surface area contributed by atoms with Gasteiger partial charge in [0.15, 0.2) is 0 Å². The Balaban J connectivity index is 3.74. The van der Waals surface area contributed by atoms with Crippen LogP contribution in [-0.2, 0) is 4.79 Å². The van der Waals surface area contributed by atoms with E-state index in [1.54, 1.807) is 6.08 Å². The quantitative estimate of drug-likeness (QED) is 0.0371. The average molecular weight is 744 g/mol. The summed E-state index contributed by atoms with van der Waals surface area (Å²) in [6.45, 7) is 4.16. The summed E-state index contributed by atoms with van der Waals surface area (Å²) in [5.41, 5.74) is 0. The van der Waals surface area contributed by atoms with Gasteiger partial charge in [-0.2, -0.15) is 0 Å². The van der Waals surface area contributed by atoms with Gasteiger partial charge in [-0.15, -0.1) is 0 Å². The molecule has 0 aliphatic carbocycles. The van der Waals surface area contributed by atoms with Crippen LogP contribution in [0.4, 0.5) is 0 Å². The molecule has 3 atom stereocenters. The van der Waals surface area contributed by atoms with Crippen LogP contribution in [0.2, 0.25) is 0 Å². The molecule has 0 aliphatic rings. The molecule has 53 heavy (non-hydrogen) atoms. The largest absolute Gasteiger partial charge is 0.394 e. The Morgan fingerprint density at radius 1 is 0.453 bits per heavy atom. The van der Waals surface area contributed by atoms with Crippen molar-refractivity contribution in [1.29, 1.82) is 0 Å². The molecule has 3 unspecified atom stereocenters. The molecule has 5 heteroatoms. The minimum atomic E-state index is -1.11. The van der Waals surface area contributed by atoms with Gasteiger partial charge in [0.1, 0.15) is 6.10 Å². The lowest BCUT2D eigenvalue weighted by Crippen LogP contribution is -2.48. The lowest BCUT2D eigenvalue weighted by Gasteiger charge is -2.21. The molecule has 0 rings (SSSR count). The van der Waals surface area contributed by atoms with Gasteiger partial charge >= 0.3 is 0 Å². The number of hydrogen-bond acceptors (Lipinski definition) is 4. The summed E-state index contributed by atoms with van der Waals surface area (Å²) < 4.78 is 0. The van der Waals surface area contributed by atoms with E-state index in [0.29, 0.717) is 6.42 Å². The van der Waals surface area contributed by atoms with Crippen molar-refractivity contribution >= 4 is 5.91 Å². The van der Waals surface area contributed by atoms with Gasteiger partial charge in [0.2, 0.25) is 5.91 Å².